The third-order valence-corrected chi connectivity index (χ3v) is 8.58. The second-order valence-corrected chi connectivity index (χ2v) is 11.3. The summed E-state index contributed by atoms with van der Waals surface area (Å²) in [6, 6.07) is 27.7. The molecule has 0 heterocycles. The van der Waals surface area contributed by atoms with Crippen molar-refractivity contribution in [3.05, 3.63) is 95.1 Å². The van der Waals surface area contributed by atoms with Crippen molar-refractivity contribution in [2.75, 3.05) is 6.67 Å². The van der Waals surface area contributed by atoms with Gasteiger partial charge < -0.3 is 0 Å². The van der Waals surface area contributed by atoms with E-state index in [0.717, 1.165) is 19.3 Å². The monoisotopic (exact) mass is 498 g/mol. The zero-order valence-corrected chi connectivity index (χ0v) is 23.1. The molecule has 0 aromatic heterocycles. The highest BCUT2D eigenvalue weighted by Crippen LogP contribution is 2.37. The zero-order valence-electron chi connectivity index (χ0n) is 23.1. The van der Waals surface area contributed by atoms with E-state index in [2.05, 4.69) is 79.7 Å². The largest absolute Gasteiger partial charge is 0.251 e. The number of halogens is 1. The minimum Gasteiger partial charge on any atom is -0.251 e. The van der Waals surface area contributed by atoms with E-state index in [1.54, 1.807) is 0 Å². The molecule has 37 heavy (non-hydrogen) atoms. The fourth-order valence-corrected chi connectivity index (χ4v) is 6.02. The van der Waals surface area contributed by atoms with Crippen LogP contribution in [-0.4, -0.2) is 6.67 Å². The molecule has 1 fully saturated rings. The molecule has 0 nitrogen and oxygen atoms in total. The van der Waals surface area contributed by atoms with Crippen molar-refractivity contribution >= 4 is 0 Å². The first-order valence-corrected chi connectivity index (χ1v) is 15.1. The topological polar surface area (TPSA) is 0 Å². The lowest BCUT2D eigenvalue weighted by atomic mass is 9.77. The first-order chi connectivity index (χ1) is 18.2. The van der Waals surface area contributed by atoms with Gasteiger partial charge in [-0.3, -0.25) is 4.39 Å². The fraction of sp³-hybridized carbons (Fsp3) is 0.500. The molecule has 198 valence electrons. The summed E-state index contributed by atoms with van der Waals surface area (Å²) < 4.78 is 12.6. The Kier molecular flexibility index (Phi) is 11.3. The number of aryl methyl sites for hydroxylation is 3. The lowest BCUT2D eigenvalue weighted by Gasteiger charge is -2.28. The molecule has 4 rings (SSSR count). The zero-order chi connectivity index (χ0) is 25.7. The summed E-state index contributed by atoms with van der Waals surface area (Å²) in [7, 11) is 0. The number of rotatable bonds is 14. The molecule has 0 unspecified atom stereocenters. The van der Waals surface area contributed by atoms with E-state index in [4.69, 9.17) is 0 Å². The highest BCUT2D eigenvalue weighted by Gasteiger charge is 2.22. The van der Waals surface area contributed by atoms with Crippen LogP contribution in [0.3, 0.4) is 0 Å². The maximum Gasteiger partial charge on any atom is 0.0897 e. The Bertz CT molecular complexity index is 1010. The predicted molar refractivity (Wildman–Crippen MR) is 158 cm³/mol. The molecule has 1 aliphatic carbocycles. The van der Waals surface area contributed by atoms with Gasteiger partial charge in [-0.15, -0.1) is 0 Å². The highest BCUT2D eigenvalue weighted by atomic mass is 19.1. The molecule has 3 aromatic carbocycles. The molecule has 0 aliphatic heterocycles. The number of unbranched alkanes of at least 4 members (excludes halogenated alkanes) is 5. The molecular formula is C36H47F. The van der Waals surface area contributed by atoms with Gasteiger partial charge in [0.1, 0.15) is 0 Å². The van der Waals surface area contributed by atoms with Crippen LogP contribution in [0.2, 0.25) is 0 Å². The first kappa shape index (κ1) is 27.6. The van der Waals surface area contributed by atoms with Crippen LogP contribution in [0.4, 0.5) is 4.39 Å². The lowest BCUT2D eigenvalue weighted by Crippen LogP contribution is -2.13. The van der Waals surface area contributed by atoms with Crippen molar-refractivity contribution in [1.82, 2.24) is 0 Å². The quantitative estimate of drug-likeness (QED) is 0.194. The van der Waals surface area contributed by atoms with Crippen molar-refractivity contribution < 1.29 is 4.39 Å². The van der Waals surface area contributed by atoms with Crippen LogP contribution in [0.15, 0.2) is 72.8 Å². The molecule has 0 atom stereocenters. The summed E-state index contributed by atoms with van der Waals surface area (Å²) in [6.07, 6.45) is 17.1. The second-order valence-electron chi connectivity index (χ2n) is 11.3. The Labute approximate surface area is 225 Å². The van der Waals surface area contributed by atoms with Gasteiger partial charge in [0.25, 0.3) is 0 Å². The third-order valence-electron chi connectivity index (χ3n) is 8.58. The van der Waals surface area contributed by atoms with E-state index in [1.165, 1.54) is 104 Å². The summed E-state index contributed by atoms with van der Waals surface area (Å²) in [5.41, 5.74) is 8.38. The van der Waals surface area contributed by atoms with Crippen LogP contribution in [-0.2, 0) is 19.3 Å². The summed E-state index contributed by atoms with van der Waals surface area (Å²) in [5.74, 6) is 1.28. The van der Waals surface area contributed by atoms with E-state index < -0.39 is 0 Å². The van der Waals surface area contributed by atoms with E-state index in [0.29, 0.717) is 11.8 Å². The van der Waals surface area contributed by atoms with Gasteiger partial charge in [0.2, 0.25) is 0 Å². The van der Waals surface area contributed by atoms with Crippen LogP contribution in [0.1, 0.15) is 106 Å². The van der Waals surface area contributed by atoms with Gasteiger partial charge in [-0.1, -0.05) is 112 Å². The van der Waals surface area contributed by atoms with E-state index in [1.807, 2.05) is 0 Å². The molecule has 1 saturated carbocycles. The van der Waals surface area contributed by atoms with Crippen LogP contribution in [0, 0.1) is 5.92 Å². The number of hydrogen-bond acceptors (Lipinski definition) is 0. The SMILES string of the molecule is CCCCCCCCc1ccc(-c2ccc(CCc3ccc([C@H]4CC[C@H](CCF)CC4)cc3)cc2)cc1. The maximum absolute atomic E-state index is 12.6. The van der Waals surface area contributed by atoms with E-state index in [-0.39, 0.29) is 6.67 Å². The van der Waals surface area contributed by atoms with Gasteiger partial charge in [-0.05, 0) is 103 Å². The predicted octanol–water partition coefficient (Wildman–Crippen LogP) is 10.7. The number of hydrogen-bond donors (Lipinski definition) is 0. The summed E-state index contributed by atoms with van der Waals surface area (Å²) >= 11 is 0. The van der Waals surface area contributed by atoms with Crippen LogP contribution < -0.4 is 0 Å². The molecule has 0 N–H and O–H groups in total. The van der Waals surface area contributed by atoms with E-state index >= 15 is 0 Å². The molecule has 1 heteroatoms. The fourth-order valence-electron chi connectivity index (χ4n) is 6.02. The van der Waals surface area contributed by atoms with E-state index in [9.17, 15) is 4.39 Å². The Morgan fingerprint density at radius 2 is 1.05 bits per heavy atom. The Morgan fingerprint density at radius 1 is 0.568 bits per heavy atom. The molecule has 1 aliphatic rings. The molecule has 0 saturated heterocycles. The van der Waals surface area contributed by atoms with Crippen molar-refractivity contribution in [3.63, 3.8) is 0 Å². The van der Waals surface area contributed by atoms with Crippen molar-refractivity contribution in [1.29, 1.82) is 0 Å². The Morgan fingerprint density at radius 3 is 1.59 bits per heavy atom. The summed E-state index contributed by atoms with van der Waals surface area (Å²) in [6.45, 7) is 2.12. The normalized spacial score (nSPS) is 17.7. The smallest absolute Gasteiger partial charge is 0.0897 e. The minimum absolute atomic E-state index is 0.154. The van der Waals surface area contributed by atoms with Crippen molar-refractivity contribution in [2.24, 2.45) is 5.92 Å². The standard InChI is InChI=1S/C36H47F/c1-2-3-4-5-6-7-8-29-11-19-33(20-12-29)34-21-13-30(14-22-34)9-10-31-15-23-35(24-16-31)36-25-17-32(18-26-36)27-28-37/h11-16,19-24,32,36H,2-10,17-18,25-28H2,1H3/t32-,36-. The Hall–Kier alpha value is -2.41. The molecule has 0 radical (unpaired) electrons. The van der Waals surface area contributed by atoms with Crippen molar-refractivity contribution in [3.8, 4) is 11.1 Å². The molecule has 3 aromatic rings. The third kappa shape index (κ3) is 8.84. The van der Waals surface area contributed by atoms with Gasteiger partial charge in [-0.2, -0.15) is 0 Å². The van der Waals surface area contributed by atoms with Gasteiger partial charge in [0.05, 0.1) is 6.67 Å². The molecule has 0 spiro atoms. The molecular weight excluding hydrogens is 451 g/mol. The average molecular weight is 499 g/mol. The van der Waals surface area contributed by atoms with Gasteiger partial charge in [0, 0.05) is 0 Å². The lowest BCUT2D eigenvalue weighted by molar-refractivity contribution is 0.283. The first-order valence-electron chi connectivity index (χ1n) is 15.1. The number of benzene rings is 3. The highest BCUT2D eigenvalue weighted by molar-refractivity contribution is 5.64. The molecule has 0 bridgehead atoms. The summed E-state index contributed by atoms with van der Waals surface area (Å²) in [5, 5.41) is 0. The minimum atomic E-state index is -0.154. The Balaban J connectivity index is 1.20. The van der Waals surface area contributed by atoms with Gasteiger partial charge in [-0.25, -0.2) is 0 Å². The van der Waals surface area contributed by atoms with Crippen molar-refractivity contribution in [2.45, 2.75) is 103 Å². The van der Waals surface area contributed by atoms with Gasteiger partial charge in [0.15, 0.2) is 0 Å². The average Bonchev–Trinajstić information content (AvgIpc) is 2.95. The van der Waals surface area contributed by atoms with Crippen LogP contribution >= 0.6 is 0 Å². The van der Waals surface area contributed by atoms with Gasteiger partial charge >= 0.3 is 0 Å². The van der Waals surface area contributed by atoms with Crippen LogP contribution in [0.5, 0.6) is 0 Å². The second kappa shape index (κ2) is 15.1. The maximum atomic E-state index is 12.6. The number of alkyl halides is 1. The summed E-state index contributed by atoms with van der Waals surface area (Å²) in [4.78, 5) is 0. The van der Waals surface area contributed by atoms with Crippen LogP contribution in [0.25, 0.3) is 11.1 Å². The molecule has 0 amide bonds.